The van der Waals surface area contributed by atoms with Crippen molar-refractivity contribution in [1.29, 1.82) is 0 Å². The fourth-order valence-corrected chi connectivity index (χ4v) is 3.75. The molecular formula is C19H19ClN2O2S. The van der Waals surface area contributed by atoms with Crippen LogP contribution in [0.4, 0.5) is 5.13 Å². The van der Waals surface area contributed by atoms with Crippen molar-refractivity contribution < 1.29 is 9.53 Å². The molecule has 1 amide bonds. The van der Waals surface area contributed by atoms with Crippen molar-refractivity contribution in [2.24, 2.45) is 0 Å². The summed E-state index contributed by atoms with van der Waals surface area (Å²) in [7, 11) is 0. The number of benzene rings is 2. The summed E-state index contributed by atoms with van der Waals surface area (Å²) in [6.07, 6.45) is 2.06. The van der Waals surface area contributed by atoms with Crippen molar-refractivity contribution in [2.45, 2.75) is 26.7 Å². The number of amides is 1. The van der Waals surface area contributed by atoms with Crippen molar-refractivity contribution in [1.82, 2.24) is 4.98 Å². The summed E-state index contributed by atoms with van der Waals surface area (Å²) in [5.41, 5.74) is 2.40. The van der Waals surface area contributed by atoms with Crippen LogP contribution in [0.15, 0.2) is 36.4 Å². The highest BCUT2D eigenvalue weighted by Crippen LogP contribution is 2.31. The van der Waals surface area contributed by atoms with Gasteiger partial charge in [-0.1, -0.05) is 42.3 Å². The number of halogens is 1. The molecule has 0 unspecified atom stereocenters. The molecule has 25 heavy (non-hydrogen) atoms. The minimum atomic E-state index is -0.205. The molecule has 1 aromatic heterocycles. The molecule has 4 nitrogen and oxygen atoms in total. The number of aromatic nitrogens is 1. The van der Waals surface area contributed by atoms with Gasteiger partial charge in [-0.05, 0) is 49.2 Å². The van der Waals surface area contributed by atoms with Gasteiger partial charge in [0.15, 0.2) is 5.13 Å². The summed E-state index contributed by atoms with van der Waals surface area (Å²) in [6, 6.07) is 10.9. The van der Waals surface area contributed by atoms with Gasteiger partial charge in [0.2, 0.25) is 0 Å². The van der Waals surface area contributed by atoms with E-state index in [1.165, 1.54) is 11.3 Å². The molecule has 3 aromatic rings. The van der Waals surface area contributed by atoms with Gasteiger partial charge in [-0.3, -0.25) is 10.1 Å². The molecule has 3 rings (SSSR count). The zero-order chi connectivity index (χ0) is 17.8. The maximum Gasteiger partial charge on any atom is 0.257 e. The van der Waals surface area contributed by atoms with E-state index in [2.05, 4.69) is 17.2 Å². The quantitative estimate of drug-likeness (QED) is 0.564. The van der Waals surface area contributed by atoms with Gasteiger partial charge >= 0.3 is 0 Å². The molecule has 0 saturated carbocycles. The van der Waals surface area contributed by atoms with Gasteiger partial charge < -0.3 is 4.74 Å². The first kappa shape index (κ1) is 17.7. The number of nitrogens with zero attached hydrogens (tertiary/aromatic N) is 1. The lowest BCUT2D eigenvalue weighted by Crippen LogP contribution is -2.11. The number of hydrogen-bond acceptors (Lipinski definition) is 4. The normalized spacial score (nSPS) is 10.8. The molecule has 0 saturated heterocycles. The van der Waals surface area contributed by atoms with Gasteiger partial charge in [0, 0.05) is 10.6 Å². The van der Waals surface area contributed by atoms with E-state index in [1.807, 2.05) is 31.2 Å². The summed E-state index contributed by atoms with van der Waals surface area (Å²) in [5, 5.41) is 4.09. The van der Waals surface area contributed by atoms with E-state index in [0.29, 0.717) is 28.1 Å². The van der Waals surface area contributed by atoms with Crippen LogP contribution in [0.3, 0.4) is 0 Å². The Balaban J connectivity index is 1.76. The third-order valence-electron chi connectivity index (χ3n) is 3.73. The molecule has 130 valence electrons. The highest BCUT2D eigenvalue weighted by molar-refractivity contribution is 7.22. The molecule has 1 heterocycles. The first-order chi connectivity index (χ1) is 12.1. The number of rotatable bonds is 6. The van der Waals surface area contributed by atoms with Crippen LogP contribution in [0.2, 0.25) is 5.02 Å². The van der Waals surface area contributed by atoms with Crippen LogP contribution in [0.5, 0.6) is 5.75 Å². The fraction of sp³-hybridized carbons (Fsp3) is 0.263. The maximum absolute atomic E-state index is 12.5. The van der Waals surface area contributed by atoms with E-state index >= 15 is 0 Å². The van der Waals surface area contributed by atoms with E-state index in [4.69, 9.17) is 16.3 Å². The second kappa shape index (κ2) is 7.85. The average Bonchev–Trinajstić information content (AvgIpc) is 2.98. The second-order valence-corrected chi connectivity index (χ2v) is 7.24. The molecule has 0 aliphatic carbocycles. The highest BCUT2D eigenvalue weighted by atomic mass is 35.5. The summed E-state index contributed by atoms with van der Waals surface area (Å²) in [6.45, 7) is 4.72. The Labute approximate surface area is 155 Å². The molecule has 0 radical (unpaired) electrons. The number of nitrogens with one attached hydrogen (secondary N) is 1. The van der Waals surface area contributed by atoms with Gasteiger partial charge in [0.25, 0.3) is 5.91 Å². The van der Waals surface area contributed by atoms with Crippen molar-refractivity contribution in [3.63, 3.8) is 0 Å². The van der Waals surface area contributed by atoms with Crippen LogP contribution >= 0.6 is 22.9 Å². The molecule has 0 bridgehead atoms. The number of thiazole rings is 1. The van der Waals surface area contributed by atoms with Gasteiger partial charge in [0.05, 0.1) is 16.8 Å². The minimum absolute atomic E-state index is 0.205. The summed E-state index contributed by atoms with van der Waals surface area (Å²) >= 11 is 7.49. The molecule has 0 aliphatic rings. The van der Waals surface area contributed by atoms with E-state index in [0.717, 1.165) is 28.6 Å². The third kappa shape index (κ3) is 4.30. The lowest BCUT2D eigenvalue weighted by Gasteiger charge is -2.07. The zero-order valence-electron chi connectivity index (χ0n) is 14.1. The molecule has 0 atom stereocenters. The van der Waals surface area contributed by atoms with Crippen LogP contribution in [-0.2, 0) is 0 Å². The van der Waals surface area contributed by atoms with E-state index in [9.17, 15) is 4.79 Å². The van der Waals surface area contributed by atoms with Crippen LogP contribution in [0.25, 0.3) is 10.2 Å². The van der Waals surface area contributed by atoms with Crippen LogP contribution in [0, 0.1) is 6.92 Å². The molecule has 0 spiro atoms. The standard InChI is InChI=1S/C19H19ClN2O2S/c1-3-4-8-24-15-7-5-6-13(10-15)18(23)22-19-21-17-12(2)9-14(20)11-16(17)25-19/h5-7,9-11H,3-4,8H2,1-2H3,(H,21,22,23). The minimum Gasteiger partial charge on any atom is -0.494 e. The van der Waals surface area contributed by atoms with Crippen molar-refractivity contribution in [3.8, 4) is 5.75 Å². The number of unbranched alkanes of at least 4 members (excludes halogenated alkanes) is 1. The number of anilines is 1. The van der Waals surface area contributed by atoms with Crippen molar-refractivity contribution >= 4 is 44.2 Å². The summed E-state index contributed by atoms with van der Waals surface area (Å²) < 4.78 is 6.61. The highest BCUT2D eigenvalue weighted by Gasteiger charge is 2.12. The number of ether oxygens (including phenoxy) is 1. The van der Waals surface area contributed by atoms with Gasteiger partial charge in [-0.2, -0.15) is 0 Å². The Morgan fingerprint density at radius 2 is 2.16 bits per heavy atom. The average molecular weight is 375 g/mol. The summed E-state index contributed by atoms with van der Waals surface area (Å²) in [5.74, 6) is 0.497. The van der Waals surface area contributed by atoms with Gasteiger partial charge in [-0.15, -0.1) is 0 Å². The molecule has 0 aliphatic heterocycles. The predicted octanol–water partition coefficient (Wildman–Crippen LogP) is 5.69. The zero-order valence-corrected chi connectivity index (χ0v) is 15.7. The Morgan fingerprint density at radius 3 is 2.96 bits per heavy atom. The lowest BCUT2D eigenvalue weighted by atomic mass is 10.2. The van der Waals surface area contributed by atoms with Crippen molar-refractivity contribution in [3.05, 3.63) is 52.5 Å². The number of carbonyl (C=O) groups excluding carboxylic acids is 1. The Kier molecular flexibility index (Phi) is 5.56. The van der Waals surface area contributed by atoms with Gasteiger partial charge in [-0.25, -0.2) is 4.98 Å². The number of hydrogen-bond donors (Lipinski definition) is 1. The fourth-order valence-electron chi connectivity index (χ4n) is 2.44. The monoisotopic (exact) mass is 374 g/mol. The maximum atomic E-state index is 12.5. The van der Waals surface area contributed by atoms with E-state index in [1.54, 1.807) is 12.1 Å². The molecule has 2 aromatic carbocycles. The Hall–Kier alpha value is -2.11. The van der Waals surface area contributed by atoms with Crippen LogP contribution in [-0.4, -0.2) is 17.5 Å². The number of aryl methyl sites for hydroxylation is 1. The smallest absolute Gasteiger partial charge is 0.257 e. The topological polar surface area (TPSA) is 51.2 Å². The Morgan fingerprint density at radius 1 is 1.32 bits per heavy atom. The van der Waals surface area contributed by atoms with E-state index < -0.39 is 0 Å². The molecular weight excluding hydrogens is 356 g/mol. The lowest BCUT2D eigenvalue weighted by molar-refractivity contribution is 0.102. The number of fused-ring (bicyclic) bond motifs is 1. The van der Waals surface area contributed by atoms with Crippen molar-refractivity contribution in [2.75, 3.05) is 11.9 Å². The Bertz CT molecular complexity index is 908. The van der Waals surface area contributed by atoms with E-state index in [-0.39, 0.29) is 5.91 Å². The molecule has 6 heteroatoms. The first-order valence-corrected chi connectivity index (χ1v) is 9.37. The predicted molar refractivity (Wildman–Crippen MR) is 104 cm³/mol. The second-order valence-electron chi connectivity index (χ2n) is 5.77. The molecule has 1 N–H and O–H groups in total. The van der Waals surface area contributed by atoms with Crippen LogP contribution in [0.1, 0.15) is 35.7 Å². The largest absolute Gasteiger partial charge is 0.494 e. The van der Waals surface area contributed by atoms with Gasteiger partial charge in [0.1, 0.15) is 5.75 Å². The van der Waals surface area contributed by atoms with Crippen LogP contribution < -0.4 is 10.1 Å². The first-order valence-electron chi connectivity index (χ1n) is 8.17. The number of carbonyl (C=O) groups is 1. The SMILES string of the molecule is CCCCOc1cccc(C(=O)Nc2nc3c(C)cc(Cl)cc3s2)c1. The summed E-state index contributed by atoms with van der Waals surface area (Å²) in [4.78, 5) is 17.0. The third-order valence-corrected chi connectivity index (χ3v) is 4.87. The molecule has 0 fully saturated rings.